The molecule has 8 heteroatoms. The first-order valence-electron chi connectivity index (χ1n) is 6.81. The summed E-state index contributed by atoms with van der Waals surface area (Å²) < 4.78 is 0. The second kappa shape index (κ2) is 9.39. The molecule has 0 radical (unpaired) electrons. The number of nitrogens with one attached hydrogen (secondary N) is 1. The van der Waals surface area contributed by atoms with Crippen molar-refractivity contribution in [3.8, 4) is 10.7 Å². The molecule has 0 unspecified atom stereocenters. The molecule has 23 heavy (non-hydrogen) atoms. The highest BCUT2D eigenvalue weighted by atomic mass is 35.5. The second-order valence-electron chi connectivity index (χ2n) is 4.36. The summed E-state index contributed by atoms with van der Waals surface area (Å²) in [6, 6.07) is 0. The summed E-state index contributed by atoms with van der Waals surface area (Å²) in [5, 5.41) is 13.5. The molecule has 0 aromatic carbocycles. The largest absolute Gasteiger partial charge is 0.360 e. The Labute approximate surface area is 148 Å². The Morgan fingerprint density at radius 1 is 1.35 bits per heavy atom. The van der Waals surface area contributed by atoms with E-state index in [2.05, 4.69) is 32.1 Å². The Morgan fingerprint density at radius 2 is 2.22 bits per heavy atom. The molecule has 0 atom stereocenters. The van der Waals surface area contributed by atoms with E-state index >= 15 is 0 Å². The molecule has 0 bridgehead atoms. The van der Waals surface area contributed by atoms with Gasteiger partial charge in [-0.1, -0.05) is 41.7 Å². The monoisotopic (exact) mass is 367 g/mol. The van der Waals surface area contributed by atoms with Gasteiger partial charge in [0.2, 0.25) is 5.13 Å². The maximum Gasteiger partial charge on any atom is 0.206 e. The van der Waals surface area contributed by atoms with E-state index in [1.807, 2.05) is 0 Å². The van der Waals surface area contributed by atoms with Crippen molar-refractivity contribution in [1.29, 1.82) is 0 Å². The Balaban J connectivity index is 1.93. The van der Waals surface area contributed by atoms with Crippen LogP contribution in [0.5, 0.6) is 0 Å². The van der Waals surface area contributed by atoms with Crippen LogP contribution in [0.4, 0.5) is 5.13 Å². The lowest BCUT2D eigenvalue weighted by Crippen LogP contribution is -2.04. The first-order chi connectivity index (χ1) is 11.2. The lowest BCUT2D eigenvalue weighted by Gasteiger charge is -2.06. The summed E-state index contributed by atoms with van der Waals surface area (Å²) in [5.41, 5.74) is 1.66. The molecule has 0 saturated carbocycles. The molecule has 0 fully saturated rings. The van der Waals surface area contributed by atoms with Crippen molar-refractivity contribution in [1.82, 2.24) is 20.2 Å². The number of anilines is 1. The minimum Gasteiger partial charge on any atom is -0.360 e. The Hall–Kier alpha value is -1.76. The van der Waals surface area contributed by atoms with Gasteiger partial charge in [-0.25, -0.2) is 0 Å². The highest BCUT2D eigenvalue weighted by Crippen LogP contribution is 2.24. The zero-order valence-corrected chi connectivity index (χ0v) is 14.6. The molecule has 1 N–H and O–H groups in total. The van der Waals surface area contributed by atoms with Crippen LogP contribution in [-0.2, 0) is 0 Å². The number of alkyl halides is 1. The number of rotatable bonds is 8. The smallest absolute Gasteiger partial charge is 0.206 e. The van der Waals surface area contributed by atoms with Crippen LogP contribution in [0.3, 0.4) is 0 Å². The van der Waals surface area contributed by atoms with Crippen LogP contribution in [0.15, 0.2) is 54.0 Å². The summed E-state index contributed by atoms with van der Waals surface area (Å²) in [5.74, 6) is 0.378. The molecule has 2 rings (SSSR count). The molecule has 2 aromatic rings. The van der Waals surface area contributed by atoms with Gasteiger partial charge in [0.25, 0.3) is 0 Å². The molecule has 0 aliphatic rings. The van der Waals surface area contributed by atoms with Crippen LogP contribution in [0, 0.1) is 0 Å². The first-order valence-corrected chi connectivity index (χ1v) is 8.54. The number of hydrogen-bond donors (Lipinski definition) is 1. The maximum absolute atomic E-state index is 6.18. The molecule has 0 spiro atoms. The molecule has 2 heterocycles. The predicted octanol–water partition coefficient (Wildman–Crippen LogP) is 4.27. The molecule has 0 aliphatic heterocycles. The fraction of sp³-hybridized carbons (Fsp3) is 0.200. The second-order valence-corrected chi connectivity index (χ2v) is 6.01. The van der Waals surface area contributed by atoms with Gasteiger partial charge in [-0.05, 0) is 18.1 Å². The number of hydrogen-bond acceptors (Lipinski definition) is 6. The fourth-order valence-corrected chi connectivity index (χ4v) is 2.96. The Kier molecular flexibility index (Phi) is 7.19. The van der Waals surface area contributed by atoms with E-state index in [9.17, 15) is 0 Å². The third-order valence-electron chi connectivity index (χ3n) is 2.79. The molecular formula is C15H15Cl2N5S. The van der Waals surface area contributed by atoms with Crippen molar-refractivity contribution >= 4 is 39.7 Å². The zero-order chi connectivity index (χ0) is 16.5. The third kappa shape index (κ3) is 5.42. The van der Waals surface area contributed by atoms with Crippen LogP contribution in [0.25, 0.3) is 10.7 Å². The predicted molar refractivity (Wildman–Crippen MR) is 97.0 cm³/mol. The zero-order valence-electron chi connectivity index (χ0n) is 12.2. The van der Waals surface area contributed by atoms with Gasteiger partial charge < -0.3 is 5.32 Å². The number of aromatic nitrogens is 4. The standard InChI is InChI=1S/C15H15Cl2N5S/c1-2-3-4-12(17)11(9-16)5-6-20-15-22-21-14(23-15)13-10-18-7-8-19-13/h2-4,7-8,10H,1,5-6,9H2,(H,20,22)/b4-3-,12-11+. The molecule has 2 aromatic heterocycles. The minimum absolute atomic E-state index is 0.378. The topological polar surface area (TPSA) is 63.6 Å². The van der Waals surface area contributed by atoms with Gasteiger partial charge in [0, 0.05) is 29.9 Å². The molecule has 0 saturated heterocycles. The van der Waals surface area contributed by atoms with Gasteiger partial charge in [-0.2, -0.15) is 0 Å². The average molecular weight is 368 g/mol. The summed E-state index contributed by atoms with van der Waals surface area (Å²) in [6.45, 7) is 4.27. The van der Waals surface area contributed by atoms with E-state index in [0.29, 0.717) is 29.6 Å². The number of halogens is 2. The SMILES string of the molecule is C=C/C=C\C(Cl)=C(/CCl)CCNc1nnc(-c2cnccn2)s1. The lowest BCUT2D eigenvalue weighted by atomic mass is 10.2. The third-order valence-corrected chi connectivity index (χ3v) is 4.41. The van der Waals surface area contributed by atoms with Crippen molar-refractivity contribution in [3.63, 3.8) is 0 Å². The quantitative estimate of drug-likeness (QED) is 0.557. The summed E-state index contributed by atoms with van der Waals surface area (Å²) in [7, 11) is 0. The lowest BCUT2D eigenvalue weighted by molar-refractivity contribution is 0.977. The fourth-order valence-electron chi connectivity index (χ4n) is 1.65. The average Bonchev–Trinajstić information content (AvgIpc) is 3.06. The van der Waals surface area contributed by atoms with Gasteiger partial charge in [-0.15, -0.1) is 21.8 Å². The van der Waals surface area contributed by atoms with Gasteiger partial charge >= 0.3 is 0 Å². The van der Waals surface area contributed by atoms with Crippen LogP contribution < -0.4 is 5.32 Å². The van der Waals surface area contributed by atoms with E-state index in [0.717, 1.165) is 15.7 Å². The van der Waals surface area contributed by atoms with Crippen molar-refractivity contribution in [2.45, 2.75) is 6.42 Å². The van der Waals surface area contributed by atoms with E-state index in [-0.39, 0.29) is 0 Å². The Bertz CT molecular complexity index is 697. The van der Waals surface area contributed by atoms with E-state index in [1.165, 1.54) is 11.3 Å². The van der Waals surface area contributed by atoms with Gasteiger partial charge in [0.05, 0.1) is 6.20 Å². The van der Waals surface area contributed by atoms with Crippen LogP contribution in [0.1, 0.15) is 6.42 Å². The van der Waals surface area contributed by atoms with Crippen LogP contribution in [0.2, 0.25) is 0 Å². The van der Waals surface area contributed by atoms with Gasteiger partial charge in [-0.3, -0.25) is 9.97 Å². The normalized spacial score (nSPS) is 12.3. The van der Waals surface area contributed by atoms with Crippen LogP contribution in [-0.4, -0.2) is 32.6 Å². The summed E-state index contributed by atoms with van der Waals surface area (Å²) >= 11 is 13.5. The highest BCUT2D eigenvalue weighted by molar-refractivity contribution is 7.18. The Morgan fingerprint density at radius 3 is 2.91 bits per heavy atom. The summed E-state index contributed by atoms with van der Waals surface area (Å²) in [4.78, 5) is 8.21. The van der Waals surface area contributed by atoms with Crippen LogP contribution >= 0.6 is 34.5 Å². The first kappa shape index (κ1) is 17.6. The van der Waals surface area contributed by atoms with Gasteiger partial charge in [0.1, 0.15) is 5.69 Å². The summed E-state index contributed by atoms with van der Waals surface area (Å²) in [6.07, 6.45) is 10.8. The van der Waals surface area contributed by atoms with E-state index in [1.54, 1.807) is 36.8 Å². The number of nitrogens with zero attached hydrogens (tertiary/aromatic N) is 4. The van der Waals surface area contributed by atoms with Crippen molar-refractivity contribution in [2.24, 2.45) is 0 Å². The molecular weight excluding hydrogens is 353 g/mol. The highest BCUT2D eigenvalue weighted by Gasteiger charge is 2.08. The number of allylic oxidation sites excluding steroid dienone is 4. The van der Waals surface area contributed by atoms with E-state index < -0.39 is 0 Å². The molecule has 5 nitrogen and oxygen atoms in total. The maximum atomic E-state index is 6.18. The van der Waals surface area contributed by atoms with E-state index in [4.69, 9.17) is 23.2 Å². The minimum atomic E-state index is 0.378. The molecule has 120 valence electrons. The molecule has 0 aliphatic carbocycles. The van der Waals surface area contributed by atoms with Crippen molar-refractivity contribution < 1.29 is 0 Å². The van der Waals surface area contributed by atoms with Gasteiger partial charge in [0.15, 0.2) is 5.01 Å². The van der Waals surface area contributed by atoms with Crippen molar-refractivity contribution in [3.05, 3.63) is 54.0 Å². The molecule has 0 amide bonds. The van der Waals surface area contributed by atoms with Crippen molar-refractivity contribution in [2.75, 3.05) is 17.7 Å².